The summed E-state index contributed by atoms with van der Waals surface area (Å²) >= 11 is 0. The maximum atomic E-state index is 13.1. The van der Waals surface area contributed by atoms with Gasteiger partial charge in [0.25, 0.3) is 11.8 Å². The van der Waals surface area contributed by atoms with E-state index in [0.717, 1.165) is 16.9 Å². The Balaban J connectivity index is 1.37. The van der Waals surface area contributed by atoms with Crippen molar-refractivity contribution in [3.05, 3.63) is 95.6 Å². The van der Waals surface area contributed by atoms with Crippen LogP contribution in [-0.4, -0.2) is 35.4 Å². The van der Waals surface area contributed by atoms with Crippen LogP contribution in [0.3, 0.4) is 0 Å². The van der Waals surface area contributed by atoms with Crippen LogP contribution < -0.4 is 15.4 Å². The van der Waals surface area contributed by atoms with Crippen molar-refractivity contribution in [1.29, 1.82) is 0 Å². The first kappa shape index (κ1) is 23.0. The van der Waals surface area contributed by atoms with Crippen molar-refractivity contribution in [3.63, 3.8) is 0 Å². The number of imide groups is 1. The van der Waals surface area contributed by atoms with Crippen LogP contribution in [-0.2, 0) is 17.8 Å². The number of hydrogen-bond donors (Lipinski definition) is 2. The first-order valence-electron chi connectivity index (χ1n) is 11.1. The lowest BCUT2D eigenvalue weighted by Gasteiger charge is -2.21. The zero-order chi connectivity index (χ0) is 24.1. The molecule has 2 N–H and O–H groups in total. The summed E-state index contributed by atoms with van der Waals surface area (Å²) in [6.07, 6.45) is 1.13. The van der Waals surface area contributed by atoms with E-state index in [0.29, 0.717) is 24.1 Å². The lowest BCUT2D eigenvalue weighted by atomic mass is 9.93. The van der Waals surface area contributed by atoms with Crippen molar-refractivity contribution in [2.45, 2.75) is 31.8 Å². The summed E-state index contributed by atoms with van der Waals surface area (Å²) in [5.74, 6) is 0.297. The second-order valence-corrected chi connectivity index (χ2v) is 8.52. The average molecular weight is 458 g/mol. The number of rotatable bonds is 8. The van der Waals surface area contributed by atoms with Crippen LogP contribution in [0.15, 0.2) is 78.9 Å². The van der Waals surface area contributed by atoms with Crippen molar-refractivity contribution in [2.24, 2.45) is 0 Å². The Morgan fingerprint density at radius 2 is 1.59 bits per heavy atom. The quantitative estimate of drug-likeness (QED) is 0.491. The molecule has 0 aromatic heterocycles. The van der Waals surface area contributed by atoms with Crippen molar-refractivity contribution < 1.29 is 19.1 Å². The maximum absolute atomic E-state index is 13.1. The summed E-state index contributed by atoms with van der Waals surface area (Å²) in [5, 5.41) is 5.68. The number of anilines is 1. The molecule has 7 heteroatoms. The van der Waals surface area contributed by atoms with E-state index in [4.69, 9.17) is 4.74 Å². The second kappa shape index (κ2) is 9.79. The van der Waals surface area contributed by atoms with Gasteiger partial charge in [-0.15, -0.1) is 0 Å². The van der Waals surface area contributed by atoms with Gasteiger partial charge in [-0.2, -0.15) is 0 Å². The van der Waals surface area contributed by atoms with Gasteiger partial charge in [0.2, 0.25) is 0 Å². The molecule has 0 bridgehead atoms. The molecule has 1 saturated heterocycles. The number of carbonyl (C=O) groups is 3. The van der Waals surface area contributed by atoms with Gasteiger partial charge in [0.05, 0.1) is 13.7 Å². The highest BCUT2D eigenvalue weighted by Crippen LogP contribution is 2.25. The van der Waals surface area contributed by atoms with E-state index < -0.39 is 11.6 Å². The molecule has 1 aliphatic heterocycles. The summed E-state index contributed by atoms with van der Waals surface area (Å²) in [5.41, 5.74) is 2.07. The minimum Gasteiger partial charge on any atom is -0.497 e. The van der Waals surface area contributed by atoms with E-state index in [9.17, 15) is 14.4 Å². The Bertz CT molecular complexity index is 1180. The van der Waals surface area contributed by atoms with E-state index >= 15 is 0 Å². The fraction of sp³-hybridized carbons (Fsp3) is 0.222. The lowest BCUT2D eigenvalue weighted by molar-refractivity contribution is -0.131. The molecule has 1 heterocycles. The molecular formula is C27H27N3O4. The van der Waals surface area contributed by atoms with Gasteiger partial charge in [-0.05, 0) is 67.3 Å². The smallest absolute Gasteiger partial charge is 0.325 e. The Morgan fingerprint density at radius 3 is 2.24 bits per heavy atom. The molecule has 1 unspecified atom stereocenters. The molecule has 1 fully saturated rings. The van der Waals surface area contributed by atoms with Gasteiger partial charge in [-0.1, -0.05) is 42.5 Å². The highest BCUT2D eigenvalue weighted by molar-refractivity contribution is 6.07. The number of benzene rings is 3. The number of hydrogen-bond acceptors (Lipinski definition) is 4. The molecule has 1 aliphatic rings. The summed E-state index contributed by atoms with van der Waals surface area (Å²) in [6, 6.07) is 23.4. The molecule has 4 rings (SSSR count). The normalized spacial score (nSPS) is 17.4. The molecule has 0 radical (unpaired) electrons. The largest absolute Gasteiger partial charge is 0.497 e. The van der Waals surface area contributed by atoms with E-state index in [-0.39, 0.29) is 18.4 Å². The van der Waals surface area contributed by atoms with E-state index in [1.54, 1.807) is 38.3 Å². The highest BCUT2D eigenvalue weighted by atomic mass is 16.5. The molecule has 3 aromatic rings. The van der Waals surface area contributed by atoms with Gasteiger partial charge in [0.1, 0.15) is 11.3 Å². The summed E-state index contributed by atoms with van der Waals surface area (Å²) in [6.45, 7) is 1.90. The number of aryl methyl sites for hydroxylation is 1. The predicted octanol–water partition coefficient (Wildman–Crippen LogP) is 4.39. The minimum atomic E-state index is -0.966. The van der Waals surface area contributed by atoms with E-state index in [1.165, 1.54) is 4.90 Å². The maximum Gasteiger partial charge on any atom is 0.325 e. The van der Waals surface area contributed by atoms with Crippen LogP contribution in [0.25, 0.3) is 0 Å². The number of nitrogens with one attached hydrogen (secondary N) is 2. The Labute approximate surface area is 198 Å². The summed E-state index contributed by atoms with van der Waals surface area (Å²) in [7, 11) is 1.62. The molecule has 0 spiro atoms. The third kappa shape index (κ3) is 5.09. The summed E-state index contributed by atoms with van der Waals surface area (Å²) < 4.78 is 5.18. The van der Waals surface area contributed by atoms with E-state index in [2.05, 4.69) is 10.6 Å². The van der Waals surface area contributed by atoms with Gasteiger partial charge in [-0.25, -0.2) is 4.79 Å². The van der Waals surface area contributed by atoms with Crippen molar-refractivity contribution in [3.8, 4) is 5.75 Å². The first-order chi connectivity index (χ1) is 16.4. The number of amides is 4. The zero-order valence-corrected chi connectivity index (χ0v) is 19.2. The topological polar surface area (TPSA) is 87.7 Å². The molecule has 3 aromatic carbocycles. The number of carbonyl (C=O) groups excluding carboxylic acids is 3. The fourth-order valence-corrected chi connectivity index (χ4v) is 3.92. The minimum absolute atomic E-state index is 0.142. The van der Waals surface area contributed by atoms with Crippen molar-refractivity contribution in [2.75, 3.05) is 12.4 Å². The third-order valence-electron chi connectivity index (χ3n) is 6.01. The lowest BCUT2D eigenvalue weighted by Crippen LogP contribution is -2.44. The Hall–Kier alpha value is -4.13. The van der Waals surface area contributed by atoms with Crippen molar-refractivity contribution >= 4 is 23.5 Å². The second-order valence-electron chi connectivity index (χ2n) is 8.52. The molecule has 0 aliphatic carbocycles. The van der Waals surface area contributed by atoms with Gasteiger partial charge in [-0.3, -0.25) is 14.5 Å². The number of urea groups is 1. The molecule has 0 saturated carbocycles. The molecular weight excluding hydrogens is 430 g/mol. The highest BCUT2D eigenvalue weighted by Gasteiger charge is 2.47. The van der Waals surface area contributed by atoms with Crippen molar-refractivity contribution in [1.82, 2.24) is 10.2 Å². The predicted molar refractivity (Wildman–Crippen MR) is 130 cm³/mol. The standard InChI is InChI=1S/C27H27N3O4/c1-27(17-16-19-10-14-23(34-2)15-11-19)25(32)30(26(33)29-27)18-20-8-12-21(13-9-20)24(31)28-22-6-4-3-5-7-22/h3-15H,16-18H2,1-2H3,(H,28,31)(H,29,33). The van der Waals surface area contributed by atoms with Gasteiger partial charge in [0, 0.05) is 11.3 Å². The SMILES string of the molecule is COc1ccc(CCC2(C)NC(=O)N(Cc3ccc(C(=O)Nc4ccccc4)cc3)C2=O)cc1. The molecule has 4 amide bonds. The number of ether oxygens (including phenoxy) is 1. The number of para-hydroxylation sites is 1. The summed E-state index contributed by atoms with van der Waals surface area (Å²) in [4.78, 5) is 39.4. The average Bonchev–Trinajstić information content (AvgIpc) is 3.07. The van der Waals surface area contributed by atoms with Crippen LogP contribution >= 0.6 is 0 Å². The zero-order valence-electron chi connectivity index (χ0n) is 19.2. The van der Waals surface area contributed by atoms with Gasteiger partial charge < -0.3 is 15.4 Å². The third-order valence-corrected chi connectivity index (χ3v) is 6.01. The molecule has 174 valence electrons. The number of methoxy groups -OCH3 is 1. The van der Waals surface area contributed by atoms with Crippen LogP contribution in [0, 0.1) is 0 Å². The first-order valence-corrected chi connectivity index (χ1v) is 11.1. The van der Waals surface area contributed by atoms with Crippen LogP contribution in [0.5, 0.6) is 5.75 Å². The Morgan fingerprint density at radius 1 is 0.941 bits per heavy atom. The van der Waals surface area contributed by atoms with Crippen LogP contribution in [0.4, 0.5) is 10.5 Å². The van der Waals surface area contributed by atoms with Crippen LogP contribution in [0.1, 0.15) is 34.8 Å². The molecule has 34 heavy (non-hydrogen) atoms. The number of nitrogens with zero attached hydrogens (tertiary/aromatic N) is 1. The fourth-order valence-electron chi connectivity index (χ4n) is 3.92. The van der Waals surface area contributed by atoms with Gasteiger partial charge in [0.15, 0.2) is 0 Å². The van der Waals surface area contributed by atoms with E-state index in [1.807, 2.05) is 54.6 Å². The van der Waals surface area contributed by atoms with Crippen LogP contribution in [0.2, 0.25) is 0 Å². The molecule has 7 nitrogen and oxygen atoms in total. The monoisotopic (exact) mass is 457 g/mol. The Kier molecular flexibility index (Phi) is 6.63. The molecule has 1 atom stereocenters. The van der Waals surface area contributed by atoms with Gasteiger partial charge >= 0.3 is 6.03 Å².